The zero-order valence-corrected chi connectivity index (χ0v) is 10.3. The number of nitrogens with zero attached hydrogens (tertiary/aromatic N) is 2. The van der Waals surface area contributed by atoms with E-state index in [-0.39, 0.29) is 5.24 Å². The molecule has 82 valence electrons. The van der Waals surface area contributed by atoms with Crippen LogP contribution in [0.1, 0.15) is 0 Å². The number of hydrogen-bond acceptors (Lipinski definition) is 3. The Morgan fingerprint density at radius 1 is 1.20 bits per heavy atom. The molecule has 0 aliphatic carbocycles. The SMILES string of the molecule is CN(C)C(=O)Sc1cccc(N(C)C)c1. The number of anilines is 1. The zero-order valence-electron chi connectivity index (χ0n) is 9.52. The highest BCUT2D eigenvalue weighted by Gasteiger charge is 2.07. The largest absolute Gasteiger partial charge is 0.378 e. The van der Waals surface area contributed by atoms with Crippen molar-refractivity contribution < 1.29 is 4.79 Å². The molecule has 3 nitrogen and oxygen atoms in total. The standard InChI is InChI=1S/C11H16N2OS/c1-12(2)9-6-5-7-10(8-9)15-11(14)13(3)4/h5-8H,1-4H3. The molecule has 1 amide bonds. The summed E-state index contributed by atoms with van der Waals surface area (Å²) in [6.07, 6.45) is 0. The highest BCUT2D eigenvalue weighted by molar-refractivity contribution is 8.13. The highest BCUT2D eigenvalue weighted by atomic mass is 32.2. The number of thioether (sulfide) groups is 1. The maximum Gasteiger partial charge on any atom is 0.285 e. The second-order valence-corrected chi connectivity index (χ2v) is 4.68. The molecule has 1 aromatic carbocycles. The van der Waals surface area contributed by atoms with Crippen LogP contribution in [-0.4, -0.2) is 38.3 Å². The molecule has 0 aromatic heterocycles. The van der Waals surface area contributed by atoms with E-state index in [2.05, 4.69) is 0 Å². The smallest absolute Gasteiger partial charge is 0.285 e. The molecule has 4 heteroatoms. The topological polar surface area (TPSA) is 23.6 Å². The van der Waals surface area contributed by atoms with Crippen LogP contribution >= 0.6 is 11.8 Å². The van der Waals surface area contributed by atoms with Gasteiger partial charge in [0.05, 0.1) is 0 Å². The van der Waals surface area contributed by atoms with Gasteiger partial charge in [-0.1, -0.05) is 6.07 Å². The maximum atomic E-state index is 11.5. The molecule has 0 saturated carbocycles. The fourth-order valence-corrected chi connectivity index (χ4v) is 1.73. The van der Waals surface area contributed by atoms with Crippen molar-refractivity contribution >= 4 is 22.7 Å². The van der Waals surface area contributed by atoms with Gasteiger partial charge in [-0.3, -0.25) is 4.79 Å². The van der Waals surface area contributed by atoms with E-state index in [1.807, 2.05) is 43.3 Å². The molecule has 0 saturated heterocycles. The third-order valence-electron chi connectivity index (χ3n) is 1.90. The Labute approximate surface area is 95.1 Å². The van der Waals surface area contributed by atoms with Crippen molar-refractivity contribution in [2.45, 2.75) is 4.90 Å². The minimum atomic E-state index is 0.0471. The molecule has 1 rings (SSSR count). The van der Waals surface area contributed by atoms with E-state index in [9.17, 15) is 4.79 Å². The van der Waals surface area contributed by atoms with Crippen molar-refractivity contribution in [3.05, 3.63) is 24.3 Å². The monoisotopic (exact) mass is 224 g/mol. The van der Waals surface area contributed by atoms with Crippen LogP contribution in [0.4, 0.5) is 10.5 Å². The average Bonchev–Trinajstić information content (AvgIpc) is 2.18. The van der Waals surface area contributed by atoms with Crippen molar-refractivity contribution in [2.75, 3.05) is 33.1 Å². The van der Waals surface area contributed by atoms with Crippen LogP contribution in [0.25, 0.3) is 0 Å². The molecule has 1 aromatic rings. The van der Waals surface area contributed by atoms with Crippen molar-refractivity contribution in [2.24, 2.45) is 0 Å². The van der Waals surface area contributed by atoms with Crippen molar-refractivity contribution in [3.8, 4) is 0 Å². The summed E-state index contributed by atoms with van der Waals surface area (Å²) < 4.78 is 0. The molecule has 0 unspecified atom stereocenters. The summed E-state index contributed by atoms with van der Waals surface area (Å²) in [5.41, 5.74) is 1.10. The van der Waals surface area contributed by atoms with Crippen molar-refractivity contribution in [3.63, 3.8) is 0 Å². The van der Waals surface area contributed by atoms with Crippen LogP contribution in [0, 0.1) is 0 Å². The first kappa shape index (κ1) is 11.9. The molecule has 0 bridgehead atoms. The van der Waals surface area contributed by atoms with Gasteiger partial charge in [-0.05, 0) is 30.0 Å². The minimum Gasteiger partial charge on any atom is -0.378 e. The lowest BCUT2D eigenvalue weighted by Gasteiger charge is -2.14. The number of carbonyl (C=O) groups excluding carboxylic acids is 1. The van der Waals surface area contributed by atoms with E-state index in [1.54, 1.807) is 19.0 Å². The van der Waals surface area contributed by atoms with Gasteiger partial charge in [-0.25, -0.2) is 0 Å². The van der Waals surface area contributed by atoms with Gasteiger partial charge in [0, 0.05) is 38.8 Å². The van der Waals surface area contributed by atoms with Gasteiger partial charge < -0.3 is 9.80 Å². The number of rotatable bonds is 2. The fourth-order valence-electron chi connectivity index (χ4n) is 1.02. The lowest BCUT2D eigenvalue weighted by molar-refractivity contribution is 0.241. The van der Waals surface area contributed by atoms with E-state index >= 15 is 0 Å². The van der Waals surface area contributed by atoms with Crippen LogP contribution < -0.4 is 4.90 Å². The number of benzene rings is 1. The Balaban J connectivity index is 2.78. The van der Waals surface area contributed by atoms with Crippen molar-refractivity contribution in [1.82, 2.24) is 4.90 Å². The first-order valence-electron chi connectivity index (χ1n) is 4.67. The quantitative estimate of drug-likeness (QED) is 0.721. The Morgan fingerprint density at radius 2 is 1.87 bits per heavy atom. The Hall–Kier alpha value is -1.16. The Kier molecular flexibility index (Phi) is 4.03. The van der Waals surface area contributed by atoms with E-state index in [0.717, 1.165) is 10.6 Å². The summed E-state index contributed by atoms with van der Waals surface area (Å²) in [7, 11) is 7.48. The molecule has 0 fully saturated rings. The maximum absolute atomic E-state index is 11.5. The van der Waals surface area contributed by atoms with Crippen LogP contribution in [-0.2, 0) is 0 Å². The number of carbonyl (C=O) groups is 1. The fraction of sp³-hybridized carbons (Fsp3) is 0.364. The van der Waals surface area contributed by atoms with E-state index in [1.165, 1.54) is 11.8 Å². The molecule has 0 spiro atoms. The van der Waals surface area contributed by atoms with E-state index in [4.69, 9.17) is 0 Å². The summed E-state index contributed by atoms with van der Waals surface area (Å²) in [5.74, 6) is 0. The first-order valence-corrected chi connectivity index (χ1v) is 5.49. The summed E-state index contributed by atoms with van der Waals surface area (Å²) in [5, 5.41) is 0.0471. The van der Waals surface area contributed by atoms with Gasteiger partial charge in [0.15, 0.2) is 0 Å². The summed E-state index contributed by atoms with van der Waals surface area (Å²) in [6.45, 7) is 0. The van der Waals surface area contributed by atoms with E-state index in [0.29, 0.717) is 0 Å². The van der Waals surface area contributed by atoms with Crippen molar-refractivity contribution in [1.29, 1.82) is 0 Å². The molecule has 0 radical (unpaired) electrons. The molecular weight excluding hydrogens is 208 g/mol. The van der Waals surface area contributed by atoms with Crippen LogP contribution in [0.15, 0.2) is 29.2 Å². The third-order valence-corrected chi connectivity index (χ3v) is 2.93. The normalized spacial score (nSPS) is 9.87. The molecule has 0 N–H and O–H groups in total. The molecular formula is C11H16N2OS. The number of hydrogen-bond donors (Lipinski definition) is 0. The molecule has 0 aliphatic rings. The van der Waals surface area contributed by atoms with Gasteiger partial charge in [-0.15, -0.1) is 0 Å². The Bertz CT molecular complexity index is 350. The zero-order chi connectivity index (χ0) is 11.4. The first-order chi connectivity index (χ1) is 7.00. The van der Waals surface area contributed by atoms with Gasteiger partial charge >= 0.3 is 0 Å². The van der Waals surface area contributed by atoms with Gasteiger partial charge in [0.1, 0.15) is 0 Å². The molecule has 0 atom stereocenters. The van der Waals surface area contributed by atoms with Crippen LogP contribution in [0.2, 0.25) is 0 Å². The summed E-state index contributed by atoms with van der Waals surface area (Å²) >= 11 is 1.24. The number of amides is 1. The second-order valence-electron chi connectivity index (χ2n) is 3.65. The summed E-state index contributed by atoms with van der Waals surface area (Å²) in [4.78, 5) is 16.0. The second kappa shape index (κ2) is 5.07. The third kappa shape index (κ3) is 3.47. The molecule has 0 heterocycles. The van der Waals surface area contributed by atoms with E-state index < -0.39 is 0 Å². The average molecular weight is 224 g/mol. The lowest BCUT2D eigenvalue weighted by atomic mass is 10.3. The van der Waals surface area contributed by atoms with Gasteiger partial charge in [-0.2, -0.15) is 0 Å². The molecule has 0 aliphatic heterocycles. The predicted molar refractivity (Wildman–Crippen MR) is 65.7 cm³/mol. The minimum absolute atomic E-state index is 0.0471. The van der Waals surface area contributed by atoms with Crippen LogP contribution in [0.5, 0.6) is 0 Å². The summed E-state index contributed by atoms with van der Waals surface area (Å²) in [6, 6.07) is 7.93. The van der Waals surface area contributed by atoms with Gasteiger partial charge in [0.2, 0.25) is 0 Å². The van der Waals surface area contributed by atoms with Crippen LogP contribution in [0.3, 0.4) is 0 Å². The van der Waals surface area contributed by atoms with Gasteiger partial charge in [0.25, 0.3) is 5.24 Å². The lowest BCUT2D eigenvalue weighted by Crippen LogP contribution is -2.16. The molecule has 15 heavy (non-hydrogen) atoms. The Morgan fingerprint density at radius 3 is 2.40 bits per heavy atom. The predicted octanol–water partition coefficient (Wildman–Crippen LogP) is 2.53. The highest BCUT2D eigenvalue weighted by Crippen LogP contribution is 2.24.